The summed E-state index contributed by atoms with van der Waals surface area (Å²) in [7, 11) is 0. The van der Waals surface area contributed by atoms with Crippen molar-refractivity contribution in [1.82, 2.24) is 5.32 Å². The molecule has 0 saturated carbocycles. The first kappa shape index (κ1) is 37.0. The molecule has 2 aromatic rings. The molecule has 1 saturated heterocycles. The lowest BCUT2D eigenvalue weighted by Gasteiger charge is -2.37. The maximum atomic E-state index is 13.1. The van der Waals surface area contributed by atoms with Gasteiger partial charge in [-0.3, -0.25) is 4.79 Å². The first-order chi connectivity index (χ1) is 22.0. The van der Waals surface area contributed by atoms with Gasteiger partial charge in [-0.15, -0.1) is 0 Å². The van der Waals surface area contributed by atoms with Crippen LogP contribution in [0.5, 0.6) is 0 Å². The van der Waals surface area contributed by atoms with E-state index >= 15 is 0 Å². The van der Waals surface area contributed by atoms with Crippen molar-refractivity contribution in [3.8, 4) is 0 Å². The Morgan fingerprint density at radius 3 is 2.07 bits per heavy atom. The highest BCUT2D eigenvalue weighted by atomic mass is 32.2. The van der Waals surface area contributed by atoms with Crippen LogP contribution in [0.3, 0.4) is 0 Å². The molecule has 1 unspecified atom stereocenters. The highest BCUT2D eigenvalue weighted by Crippen LogP contribution is 2.38. The average Bonchev–Trinajstić information content (AvgIpc) is 3.04. The summed E-state index contributed by atoms with van der Waals surface area (Å²) >= 11 is 1.72. The summed E-state index contributed by atoms with van der Waals surface area (Å²) < 4.78 is 10.7. The Balaban J connectivity index is 1.29. The van der Waals surface area contributed by atoms with Crippen LogP contribution in [0.1, 0.15) is 121 Å². The molecule has 1 N–H and O–H groups in total. The number of esters is 2. The van der Waals surface area contributed by atoms with E-state index < -0.39 is 6.04 Å². The van der Waals surface area contributed by atoms with Crippen molar-refractivity contribution in [1.29, 1.82) is 0 Å². The van der Waals surface area contributed by atoms with Gasteiger partial charge in [0, 0.05) is 35.8 Å². The van der Waals surface area contributed by atoms with E-state index in [9.17, 15) is 9.59 Å². The van der Waals surface area contributed by atoms with Gasteiger partial charge in [-0.2, -0.15) is 0 Å². The fourth-order valence-corrected chi connectivity index (χ4v) is 7.01. The number of nitrogens with zero attached hydrogens (tertiary/aromatic N) is 1. The van der Waals surface area contributed by atoms with Gasteiger partial charge in [0.05, 0.1) is 5.69 Å². The molecule has 0 spiro atoms. The number of benzene rings is 2. The van der Waals surface area contributed by atoms with Gasteiger partial charge in [-0.1, -0.05) is 138 Å². The van der Waals surface area contributed by atoms with Crippen molar-refractivity contribution in [3.05, 3.63) is 53.6 Å². The monoisotopic (exact) mass is 638 g/mol. The molecule has 1 fully saturated rings. The molecule has 3 rings (SSSR count). The quantitative estimate of drug-likeness (QED) is 0.0783. The van der Waals surface area contributed by atoms with Gasteiger partial charge in [0.1, 0.15) is 6.04 Å². The number of hydrogen-bond donors (Lipinski definition) is 1. The number of piperazine rings is 1. The number of anilines is 1. The Hall–Kier alpha value is -2.51. The lowest BCUT2D eigenvalue weighted by Crippen LogP contribution is -2.56. The molecular formula is C38H58N2O4S. The smallest absolute Gasteiger partial charge is 0.332 e. The van der Waals surface area contributed by atoms with E-state index in [4.69, 9.17) is 9.47 Å². The Morgan fingerprint density at radius 1 is 0.800 bits per heavy atom. The summed E-state index contributed by atoms with van der Waals surface area (Å²) in [6.07, 6.45) is 19.7. The Bertz CT molecular complexity index is 1140. The van der Waals surface area contributed by atoms with E-state index in [0.29, 0.717) is 19.5 Å². The second kappa shape index (κ2) is 22.1. The number of rotatable bonds is 22. The van der Waals surface area contributed by atoms with Gasteiger partial charge < -0.3 is 19.7 Å². The van der Waals surface area contributed by atoms with Crippen LogP contribution in [0.15, 0.2) is 52.3 Å². The van der Waals surface area contributed by atoms with Crippen molar-refractivity contribution >= 4 is 29.4 Å². The third kappa shape index (κ3) is 14.2. The van der Waals surface area contributed by atoms with Gasteiger partial charge in [-0.05, 0) is 44.0 Å². The highest BCUT2D eigenvalue weighted by Gasteiger charge is 2.31. The number of aryl methyl sites for hydroxylation is 2. The van der Waals surface area contributed by atoms with Crippen LogP contribution < -0.4 is 10.2 Å². The minimum absolute atomic E-state index is 0.300. The van der Waals surface area contributed by atoms with Crippen LogP contribution in [0.2, 0.25) is 0 Å². The molecule has 0 bridgehead atoms. The van der Waals surface area contributed by atoms with E-state index in [1.165, 1.54) is 93.1 Å². The molecular weight excluding hydrogens is 580 g/mol. The maximum Gasteiger partial charge on any atom is 0.332 e. The first-order valence-corrected chi connectivity index (χ1v) is 18.4. The number of unbranched alkanes of at least 4 members (excludes halogenated alkanes) is 14. The third-order valence-electron chi connectivity index (χ3n) is 8.65. The second-order valence-electron chi connectivity index (χ2n) is 12.5. The SMILES string of the molecule is CCCCCCCCCCCCCCCCCC(=O)OCOC(=O)C1CNCCN1c1ccccc1Sc1ccc(C)cc1C. The molecule has 0 aromatic heterocycles. The molecule has 1 aliphatic rings. The highest BCUT2D eigenvalue weighted by molar-refractivity contribution is 7.99. The lowest BCUT2D eigenvalue weighted by atomic mass is 10.0. The van der Waals surface area contributed by atoms with Gasteiger partial charge in [-0.25, -0.2) is 4.79 Å². The number of carbonyl (C=O) groups excluding carboxylic acids is 2. The zero-order chi connectivity index (χ0) is 32.1. The zero-order valence-corrected chi connectivity index (χ0v) is 29.1. The normalized spacial score (nSPS) is 14.8. The van der Waals surface area contributed by atoms with Crippen molar-refractivity contribution in [3.63, 3.8) is 0 Å². The predicted octanol–water partition coefficient (Wildman–Crippen LogP) is 9.54. The van der Waals surface area contributed by atoms with Crippen LogP contribution in [-0.2, 0) is 19.1 Å². The number of ether oxygens (including phenoxy) is 2. The summed E-state index contributed by atoms with van der Waals surface area (Å²) in [6, 6.07) is 14.2. The van der Waals surface area contributed by atoms with Crippen LogP contribution in [0, 0.1) is 13.8 Å². The third-order valence-corrected chi connectivity index (χ3v) is 9.89. The maximum absolute atomic E-state index is 13.1. The van der Waals surface area contributed by atoms with E-state index in [1.54, 1.807) is 11.8 Å². The van der Waals surface area contributed by atoms with Gasteiger partial charge in [0.2, 0.25) is 6.79 Å². The first-order valence-electron chi connectivity index (χ1n) is 17.6. The summed E-state index contributed by atoms with van der Waals surface area (Å²) in [6.45, 7) is 8.11. The molecule has 6 nitrogen and oxygen atoms in total. The van der Waals surface area contributed by atoms with Crippen LogP contribution in [0.25, 0.3) is 0 Å². The van der Waals surface area contributed by atoms with Crippen LogP contribution in [0.4, 0.5) is 5.69 Å². The van der Waals surface area contributed by atoms with Gasteiger partial charge in [0.15, 0.2) is 0 Å². The van der Waals surface area contributed by atoms with Crippen LogP contribution >= 0.6 is 11.8 Å². The zero-order valence-electron chi connectivity index (χ0n) is 28.2. The molecule has 45 heavy (non-hydrogen) atoms. The van der Waals surface area contributed by atoms with Gasteiger partial charge >= 0.3 is 11.9 Å². The summed E-state index contributed by atoms with van der Waals surface area (Å²) in [5.41, 5.74) is 3.49. The minimum atomic E-state index is -0.492. The van der Waals surface area contributed by atoms with E-state index in [2.05, 4.69) is 61.3 Å². The van der Waals surface area contributed by atoms with E-state index in [1.807, 2.05) is 12.1 Å². The lowest BCUT2D eigenvalue weighted by molar-refractivity contribution is -0.168. The standard InChI is InChI=1S/C38H58N2O4S/c1-4-5-6-7-8-9-10-11-12-13-14-15-16-17-18-23-37(41)43-30-44-38(42)34-29-39-26-27-40(34)33-21-19-20-22-36(33)45-35-25-24-31(2)28-32(35)3/h19-22,24-25,28,34,39H,4-18,23,26-27,29-30H2,1-3H3. The topological polar surface area (TPSA) is 67.9 Å². The molecule has 1 heterocycles. The van der Waals surface area contributed by atoms with Gasteiger partial charge in [0.25, 0.3) is 0 Å². The second-order valence-corrected chi connectivity index (χ2v) is 13.6. The van der Waals surface area contributed by atoms with E-state index in [-0.39, 0.29) is 18.7 Å². The fraction of sp³-hybridized carbons (Fsp3) is 0.632. The van der Waals surface area contributed by atoms with Crippen molar-refractivity contribution in [2.45, 2.75) is 139 Å². The number of nitrogens with one attached hydrogen (secondary N) is 1. The predicted molar refractivity (Wildman–Crippen MR) is 187 cm³/mol. The molecule has 0 aliphatic carbocycles. The number of carbonyl (C=O) groups is 2. The van der Waals surface area contributed by atoms with Crippen LogP contribution in [-0.4, -0.2) is 44.4 Å². The molecule has 2 aromatic carbocycles. The number of hydrogen-bond acceptors (Lipinski definition) is 7. The minimum Gasteiger partial charge on any atom is -0.428 e. The van der Waals surface area contributed by atoms with E-state index in [0.717, 1.165) is 36.4 Å². The Morgan fingerprint density at radius 2 is 1.42 bits per heavy atom. The summed E-state index contributed by atoms with van der Waals surface area (Å²) in [5, 5.41) is 3.31. The van der Waals surface area contributed by atoms with Crippen molar-refractivity contribution < 1.29 is 19.1 Å². The molecule has 250 valence electrons. The molecule has 0 amide bonds. The average molecular weight is 639 g/mol. The summed E-state index contributed by atoms with van der Waals surface area (Å²) in [4.78, 5) is 29.8. The molecule has 0 radical (unpaired) electrons. The van der Waals surface area contributed by atoms with Crippen molar-refractivity contribution in [2.75, 3.05) is 31.3 Å². The Labute approximate surface area is 277 Å². The molecule has 1 atom stereocenters. The fourth-order valence-electron chi connectivity index (χ4n) is 5.98. The Kier molecular flexibility index (Phi) is 18.1. The van der Waals surface area contributed by atoms with Crippen molar-refractivity contribution in [2.24, 2.45) is 0 Å². The molecule has 1 aliphatic heterocycles. The molecule has 7 heteroatoms. The largest absolute Gasteiger partial charge is 0.428 e. The number of para-hydroxylation sites is 1. The summed E-state index contributed by atoms with van der Waals surface area (Å²) in [5.74, 6) is -0.681.